The van der Waals surface area contributed by atoms with Crippen LogP contribution in [-0.4, -0.2) is 0 Å². The summed E-state index contributed by atoms with van der Waals surface area (Å²) in [5.74, 6) is 0. The highest BCUT2D eigenvalue weighted by molar-refractivity contribution is 6.08. The average molecular weight is 680 g/mol. The molecule has 1 heterocycles. The maximum absolute atomic E-state index is 6.95. The highest BCUT2D eigenvalue weighted by atomic mass is 16.3. The van der Waals surface area contributed by atoms with Crippen LogP contribution in [0.1, 0.15) is 103 Å². The van der Waals surface area contributed by atoms with Gasteiger partial charge in [-0.2, -0.15) is 0 Å². The van der Waals surface area contributed by atoms with E-state index in [1.54, 1.807) is 0 Å². The number of anilines is 3. The summed E-state index contributed by atoms with van der Waals surface area (Å²) < 4.78 is 6.95. The van der Waals surface area contributed by atoms with E-state index in [1.807, 2.05) is 0 Å². The Kier molecular flexibility index (Phi) is 6.77. The lowest BCUT2D eigenvalue weighted by atomic mass is 9.79. The van der Waals surface area contributed by atoms with E-state index < -0.39 is 0 Å². The van der Waals surface area contributed by atoms with Crippen LogP contribution in [0.15, 0.2) is 120 Å². The van der Waals surface area contributed by atoms with Crippen molar-refractivity contribution in [3.05, 3.63) is 149 Å². The molecule has 0 saturated heterocycles. The summed E-state index contributed by atoms with van der Waals surface area (Å²) in [4.78, 5) is 2.48. The molecule has 0 atom stereocenters. The van der Waals surface area contributed by atoms with E-state index in [0.717, 1.165) is 27.9 Å². The zero-order valence-corrected chi connectivity index (χ0v) is 32.3. The molecule has 0 radical (unpaired) electrons. The first kappa shape index (κ1) is 32.8. The zero-order valence-electron chi connectivity index (χ0n) is 32.3. The molecule has 0 aliphatic heterocycles. The molecule has 0 spiro atoms. The summed E-state index contributed by atoms with van der Waals surface area (Å²) in [5, 5.41) is 2.35. The van der Waals surface area contributed by atoms with Gasteiger partial charge in [-0.25, -0.2) is 0 Å². The van der Waals surface area contributed by atoms with Crippen LogP contribution in [0.3, 0.4) is 0 Å². The van der Waals surface area contributed by atoms with Crippen molar-refractivity contribution >= 4 is 39.0 Å². The van der Waals surface area contributed by atoms with Crippen LogP contribution in [0.5, 0.6) is 0 Å². The van der Waals surface area contributed by atoms with E-state index in [1.165, 1.54) is 66.7 Å². The van der Waals surface area contributed by atoms with E-state index in [9.17, 15) is 0 Å². The Morgan fingerprint density at radius 1 is 0.500 bits per heavy atom. The Morgan fingerprint density at radius 2 is 1.10 bits per heavy atom. The molecule has 52 heavy (non-hydrogen) atoms. The van der Waals surface area contributed by atoms with Crippen molar-refractivity contribution < 1.29 is 4.42 Å². The maximum Gasteiger partial charge on any atom is 0.139 e. The van der Waals surface area contributed by atoms with Gasteiger partial charge in [0.1, 0.15) is 11.2 Å². The highest BCUT2D eigenvalue weighted by Gasteiger charge is 2.39. The third kappa shape index (κ3) is 4.62. The van der Waals surface area contributed by atoms with Gasteiger partial charge in [0.2, 0.25) is 0 Å². The minimum Gasteiger partial charge on any atom is -0.456 e. The second-order valence-electron chi connectivity index (χ2n) is 18.3. The van der Waals surface area contributed by atoms with Crippen molar-refractivity contribution in [3.8, 4) is 22.3 Å². The van der Waals surface area contributed by atoms with E-state index in [-0.39, 0.29) is 21.7 Å². The molecular weight excluding hydrogens is 631 g/mol. The van der Waals surface area contributed by atoms with Crippen LogP contribution in [0.2, 0.25) is 0 Å². The Labute approximate surface area is 309 Å². The Morgan fingerprint density at radius 3 is 1.81 bits per heavy atom. The Balaban J connectivity index is 1.32. The number of hydrogen-bond donors (Lipinski definition) is 0. The Hall–Kier alpha value is -5.08. The van der Waals surface area contributed by atoms with E-state index in [2.05, 4.69) is 189 Å². The van der Waals surface area contributed by atoms with Crippen LogP contribution < -0.4 is 4.90 Å². The monoisotopic (exact) mass is 679 g/mol. The molecule has 9 rings (SSSR count). The third-order valence-corrected chi connectivity index (χ3v) is 12.1. The van der Waals surface area contributed by atoms with Crippen molar-refractivity contribution in [2.45, 2.75) is 90.9 Å². The average Bonchev–Trinajstić information content (AvgIpc) is 3.67. The lowest BCUT2D eigenvalue weighted by molar-refractivity contribution is 0.559. The van der Waals surface area contributed by atoms with Crippen molar-refractivity contribution in [2.24, 2.45) is 0 Å². The first-order chi connectivity index (χ1) is 24.6. The molecule has 2 heteroatoms. The molecule has 0 bridgehead atoms. The van der Waals surface area contributed by atoms with E-state index >= 15 is 0 Å². The van der Waals surface area contributed by atoms with Crippen LogP contribution in [0.25, 0.3) is 44.2 Å². The lowest BCUT2D eigenvalue weighted by Gasteiger charge is -2.30. The molecule has 1 aromatic heterocycles. The van der Waals surface area contributed by atoms with Gasteiger partial charge in [0.15, 0.2) is 0 Å². The molecule has 0 N–H and O–H groups in total. The molecule has 0 unspecified atom stereocenters. The van der Waals surface area contributed by atoms with Gasteiger partial charge < -0.3 is 9.32 Å². The molecule has 2 aliphatic carbocycles. The quantitative estimate of drug-likeness (QED) is 0.185. The number of nitrogens with zero attached hydrogens (tertiary/aromatic N) is 1. The normalized spacial score (nSPS) is 15.4. The maximum atomic E-state index is 6.95. The summed E-state index contributed by atoms with van der Waals surface area (Å²) in [6.45, 7) is 23.2. The Bertz CT molecular complexity index is 2600. The van der Waals surface area contributed by atoms with Crippen LogP contribution in [-0.2, 0) is 21.7 Å². The number of hydrogen-bond acceptors (Lipinski definition) is 2. The topological polar surface area (TPSA) is 16.4 Å². The summed E-state index contributed by atoms with van der Waals surface area (Å²) in [5.41, 5.74) is 18.4. The first-order valence-electron chi connectivity index (χ1n) is 18.9. The largest absolute Gasteiger partial charge is 0.456 e. The number of fused-ring (bicyclic) bond motifs is 9. The van der Waals surface area contributed by atoms with E-state index in [4.69, 9.17) is 4.42 Å². The first-order valence-corrected chi connectivity index (χ1v) is 18.9. The number of benzene rings is 6. The van der Waals surface area contributed by atoms with Gasteiger partial charge in [0.25, 0.3) is 0 Å². The van der Waals surface area contributed by atoms with Crippen molar-refractivity contribution in [1.29, 1.82) is 0 Å². The fraction of sp³-hybridized carbons (Fsp3) is 0.280. The molecule has 0 fully saturated rings. The summed E-state index contributed by atoms with van der Waals surface area (Å²) in [6, 6.07) is 43.4. The minimum atomic E-state index is -0.113. The molecule has 7 aromatic rings. The van der Waals surface area contributed by atoms with Gasteiger partial charge in [-0.3, -0.25) is 0 Å². The van der Waals surface area contributed by atoms with Gasteiger partial charge in [-0.15, -0.1) is 0 Å². The van der Waals surface area contributed by atoms with Gasteiger partial charge in [0.05, 0.1) is 5.69 Å². The summed E-state index contributed by atoms with van der Waals surface area (Å²) >= 11 is 0. The molecule has 0 amide bonds. The predicted octanol–water partition coefficient (Wildman–Crippen LogP) is 14.3. The van der Waals surface area contributed by atoms with E-state index in [0.29, 0.717) is 0 Å². The molecule has 6 aromatic carbocycles. The van der Waals surface area contributed by atoms with Crippen LogP contribution in [0, 0.1) is 0 Å². The van der Waals surface area contributed by atoms with Crippen molar-refractivity contribution in [1.82, 2.24) is 0 Å². The van der Waals surface area contributed by atoms with Gasteiger partial charge in [-0.1, -0.05) is 142 Å². The molecule has 260 valence electrons. The lowest BCUT2D eigenvalue weighted by Crippen LogP contribution is -2.17. The number of furan rings is 1. The molecular formula is C50H49NO. The van der Waals surface area contributed by atoms with Crippen LogP contribution >= 0.6 is 0 Å². The van der Waals surface area contributed by atoms with Gasteiger partial charge in [-0.05, 0) is 91.7 Å². The molecule has 2 aliphatic rings. The second kappa shape index (κ2) is 10.7. The minimum absolute atomic E-state index is 0.0211. The van der Waals surface area contributed by atoms with Crippen molar-refractivity contribution in [2.75, 3.05) is 4.90 Å². The fourth-order valence-corrected chi connectivity index (χ4v) is 9.18. The molecule has 2 nitrogen and oxygen atoms in total. The number of rotatable bonds is 3. The zero-order chi connectivity index (χ0) is 36.5. The highest BCUT2D eigenvalue weighted by Crippen LogP contribution is 2.56. The summed E-state index contributed by atoms with van der Waals surface area (Å²) in [7, 11) is 0. The smallest absolute Gasteiger partial charge is 0.139 e. The van der Waals surface area contributed by atoms with Crippen LogP contribution in [0.4, 0.5) is 17.1 Å². The standard InChI is InChI=1S/C50H49NO/c1-47(2,3)30-26-37-35-25-23-32(29-44(35)52-46(37)42(27-30)48(4,5)6)51(31-22-24-34-33-16-11-13-18-38(33)50(9,10)41(34)28-31)43-21-15-20-40-45(43)36-17-12-14-19-39(36)49(40,7)8/h11-29H,1-10H3. The second-order valence-corrected chi connectivity index (χ2v) is 18.3. The van der Waals surface area contributed by atoms with Gasteiger partial charge in [0, 0.05) is 50.2 Å². The fourth-order valence-electron chi connectivity index (χ4n) is 9.18. The third-order valence-electron chi connectivity index (χ3n) is 12.1. The molecule has 0 saturated carbocycles. The predicted molar refractivity (Wildman–Crippen MR) is 221 cm³/mol. The van der Waals surface area contributed by atoms with Crippen molar-refractivity contribution in [3.63, 3.8) is 0 Å². The summed E-state index contributed by atoms with van der Waals surface area (Å²) in [6.07, 6.45) is 0. The SMILES string of the molecule is CC(C)(C)c1cc(C(C)(C)C)c2oc3cc(N(c4ccc5c(c4)C(C)(C)c4ccccc4-5)c4cccc5c4-c4ccccc4C5(C)C)ccc3c2c1. The van der Waals surface area contributed by atoms with Gasteiger partial charge >= 0.3 is 0 Å².